The van der Waals surface area contributed by atoms with Gasteiger partial charge < -0.3 is 9.64 Å². The predicted octanol–water partition coefficient (Wildman–Crippen LogP) is 3.59. The van der Waals surface area contributed by atoms with Gasteiger partial charge in [0.05, 0.1) is 25.5 Å². The van der Waals surface area contributed by atoms with E-state index >= 15 is 0 Å². The van der Waals surface area contributed by atoms with Gasteiger partial charge in [-0.1, -0.05) is 54.1 Å². The number of ether oxygens (including phenoxy) is 1. The highest BCUT2D eigenvalue weighted by Crippen LogP contribution is 2.22. The van der Waals surface area contributed by atoms with Gasteiger partial charge in [-0.05, 0) is 23.3 Å². The lowest BCUT2D eigenvalue weighted by molar-refractivity contribution is 0.414. The average Bonchev–Trinajstić information content (AvgIpc) is 2.66. The molecule has 0 atom stereocenters. The van der Waals surface area contributed by atoms with Crippen molar-refractivity contribution in [1.82, 2.24) is 9.78 Å². The van der Waals surface area contributed by atoms with E-state index in [1.807, 2.05) is 66.5 Å². The summed E-state index contributed by atoms with van der Waals surface area (Å²) in [4.78, 5) is 14.5. The number of hydrogen-bond donors (Lipinski definition) is 0. The van der Waals surface area contributed by atoms with E-state index in [9.17, 15) is 4.79 Å². The molecule has 0 amide bonds. The number of hydrogen-bond acceptors (Lipinski definition) is 4. The lowest BCUT2D eigenvalue weighted by Crippen LogP contribution is -2.27. The molecule has 0 radical (unpaired) electrons. The fourth-order valence-electron chi connectivity index (χ4n) is 2.72. The summed E-state index contributed by atoms with van der Waals surface area (Å²) in [6.07, 6.45) is 1.63. The number of anilines is 1. The van der Waals surface area contributed by atoms with Crippen LogP contribution in [-0.2, 0) is 13.1 Å². The number of nitrogens with zero attached hydrogens (tertiary/aromatic N) is 3. The largest absolute Gasteiger partial charge is 0.497 e. The number of aromatic nitrogens is 2. The molecule has 3 aromatic rings. The molecule has 6 heteroatoms. The molecule has 26 heavy (non-hydrogen) atoms. The topological polar surface area (TPSA) is 47.4 Å². The SMILES string of the molecule is COc1cccc(CN(C)c2cnn(Cc3ccccc3)c(=O)c2Cl)c1. The van der Waals surface area contributed by atoms with Crippen LogP contribution >= 0.6 is 11.6 Å². The Labute approximate surface area is 157 Å². The summed E-state index contributed by atoms with van der Waals surface area (Å²) in [6, 6.07) is 17.5. The summed E-state index contributed by atoms with van der Waals surface area (Å²) in [5, 5.41) is 4.45. The first-order valence-electron chi connectivity index (χ1n) is 8.22. The Kier molecular flexibility index (Phi) is 5.58. The highest BCUT2D eigenvalue weighted by Gasteiger charge is 2.14. The molecule has 0 spiro atoms. The highest BCUT2D eigenvalue weighted by molar-refractivity contribution is 6.33. The minimum Gasteiger partial charge on any atom is -0.497 e. The number of rotatable bonds is 6. The van der Waals surface area contributed by atoms with Crippen LogP contribution in [0.15, 0.2) is 65.6 Å². The van der Waals surface area contributed by atoms with Crippen LogP contribution in [0.5, 0.6) is 5.75 Å². The van der Waals surface area contributed by atoms with E-state index in [-0.39, 0.29) is 10.6 Å². The zero-order chi connectivity index (χ0) is 18.5. The Morgan fingerprint density at radius 3 is 2.58 bits per heavy atom. The molecular formula is C20H20ClN3O2. The maximum atomic E-state index is 12.6. The van der Waals surface area contributed by atoms with E-state index in [4.69, 9.17) is 16.3 Å². The Hall–Kier alpha value is -2.79. The zero-order valence-corrected chi connectivity index (χ0v) is 15.5. The second kappa shape index (κ2) is 8.06. The van der Waals surface area contributed by atoms with Crippen molar-refractivity contribution >= 4 is 17.3 Å². The van der Waals surface area contributed by atoms with Crippen LogP contribution in [0.4, 0.5) is 5.69 Å². The molecule has 0 aliphatic rings. The van der Waals surface area contributed by atoms with Gasteiger partial charge in [-0.3, -0.25) is 4.79 Å². The van der Waals surface area contributed by atoms with E-state index in [1.54, 1.807) is 13.3 Å². The summed E-state index contributed by atoms with van der Waals surface area (Å²) in [5.74, 6) is 0.790. The fraction of sp³-hybridized carbons (Fsp3) is 0.200. The predicted molar refractivity (Wildman–Crippen MR) is 104 cm³/mol. The molecular weight excluding hydrogens is 350 g/mol. The molecule has 0 N–H and O–H groups in total. The van der Waals surface area contributed by atoms with Crippen molar-refractivity contribution in [2.24, 2.45) is 0 Å². The third kappa shape index (κ3) is 4.06. The molecule has 134 valence electrons. The highest BCUT2D eigenvalue weighted by atomic mass is 35.5. The summed E-state index contributed by atoms with van der Waals surface area (Å²) in [6.45, 7) is 0.972. The average molecular weight is 370 g/mol. The van der Waals surface area contributed by atoms with Gasteiger partial charge in [0, 0.05) is 13.6 Å². The molecule has 0 aliphatic heterocycles. The maximum absolute atomic E-state index is 12.6. The minimum absolute atomic E-state index is 0.168. The molecule has 0 saturated carbocycles. The lowest BCUT2D eigenvalue weighted by Gasteiger charge is -2.21. The van der Waals surface area contributed by atoms with E-state index in [0.717, 1.165) is 16.9 Å². The second-order valence-corrected chi connectivity index (χ2v) is 6.38. The Morgan fingerprint density at radius 2 is 1.85 bits per heavy atom. The smallest absolute Gasteiger partial charge is 0.287 e. The van der Waals surface area contributed by atoms with Crippen LogP contribution in [0.1, 0.15) is 11.1 Å². The van der Waals surface area contributed by atoms with Crippen LogP contribution in [0, 0.1) is 0 Å². The van der Waals surface area contributed by atoms with Gasteiger partial charge in [0.25, 0.3) is 5.56 Å². The van der Waals surface area contributed by atoms with Crippen molar-refractivity contribution in [2.45, 2.75) is 13.1 Å². The Morgan fingerprint density at radius 1 is 1.12 bits per heavy atom. The van der Waals surface area contributed by atoms with Crippen LogP contribution in [0.2, 0.25) is 5.02 Å². The van der Waals surface area contributed by atoms with Gasteiger partial charge in [0.15, 0.2) is 0 Å². The molecule has 1 aromatic heterocycles. The van der Waals surface area contributed by atoms with Crippen molar-refractivity contribution in [1.29, 1.82) is 0 Å². The van der Waals surface area contributed by atoms with E-state index in [2.05, 4.69) is 5.10 Å². The van der Waals surface area contributed by atoms with Crippen molar-refractivity contribution in [3.63, 3.8) is 0 Å². The van der Waals surface area contributed by atoms with Crippen LogP contribution < -0.4 is 15.2 Å². The third-order valence-corrected chi connectivity index (χ3v) is 4.46. The first-order valence-corrected chi connectivity index (χ1v) is 8.60. The molecule has 1 heterocycles. The summed E-state index contributed by atoms with van der Waals surface area (Å²) < 4.78 is 6.62. The molecule has 5 nitrogen and oxygen atoms in total. The molecule has 0 bridgehead atoms. The normalized spacial score (nSPS) is 10.6. The maximum Gasteiger partial charge on any atom is 0.287 e. The molecule has 0 aliphatic carbocycles. The molecule has 0 fully saturated rings. The van der Waals surface area contributed by atoms with Gasteiger partial charge in [0.2, 0.25) is 0 Å². The van der Waals surface area contributed by atoms with Gasteiger partial charge in [-0.15, -0.1) is 0 Å². The summed E-state index contributed by atoms with van der Waals surface area (Å²) >= 11 is 6.34. The fourth-order valence-corrected chi connectivity index (χ4v) is 3.01. The number of methoxy groups -OCH3 is 1. The Bertz CT molecular complexity index is 941. The van der Waals surface area contributed by atoms with Crippen molar-refractivity contribution in [2.75, 3.05) is 19.1 Å². The minimum atomic E-state index is -0.300. The lowest BCUT2D eigenvalue weighted by atomic mass is 10.2. The summed E-state index contributed by atoms with van der Waals surface area (Å²) in [7, 11) is 3.51. The number of halogens is 1. The quantitative estimate of drug-likeness (QED) is 0.666. The second-order valence-electron chi connectivity index (χ2n) is 6.00. The standard InChI is InChI=1S/C20H20ClN3O2/c1-23(13-16-9-6-10-17(11-16)26-2)18-12-22-24(20(25)19(18)21)14-15-7-4-3-5-8-15/h3-12H,13-14H2,1-2H3. The Balaban J connectivity index is 1.82. The van der Waals surface area contributed by atoms with Gasteiger partial charge >= 0.3 is 0 Å². The first kappa shape index (κ1) is 18.0. The van der Waals surface area contributed by atoms with Crippen molar-refractivity contribution in [3.8, 4) is 5.75 Å². The molecule has 2 aromatic carbocycles. The van der Waals surface area contributed by atoms with Gasteiger partial charge in [-0.2, -0.15) is 5.10 Å². The number of benzene rings is 2. The van der Waals surface area contributed by atoms with E-state index < -0.39 is 0 Å². The molecule has 0 unspecified atom stereocenters. The van der Waals surface area contributed by atoms with Crippen LogP contribution in [0.25, 0.3) is 0 Å². The van der Waals surface area contributed by atoms with Crippen LogP contribution in [-0.4, -0.2) is 23.9 Å². The van der Waals surface area contributed by atoms with E-state index in [1.165, 1.54) is 4.68 Å². The van der Waals surface area contributed by atoms with Gasteiger partial charge in [0.1, 0.15) is 10.8 Å². The third-order valence-electron chi connectivity index (χ3n) is 4.11. The monoisotopic (exact) mass is 369 g/mol. The van der Waals surface area contributed by atoms with Crippen molar-refractivity contribution in [3.05, 3.63) is 87.3 Å². The van der Waals surface area contributed by atoms with Crippen LogP contribution in [0.3, 0.4) is 0 Å². The zero-order valence-electron chi connectivity index (χ0n) is 14.7. The van der Waals surface area contributed by atoms with Crippen molar-refractivity contribution < 1.29 is 4.74 Å². The van der Waals surface area contributed by atoms with E-state index in [0.29, 0.717) is 18.8 Å². The summed E-state index contributed by atoms with van der Waals surface area (Å²) in [5.41, 5.74) is 2.35. The van der Waals surface area contributed by atoms with Gasteiger partial charge in [-0.25, -0.2) is 4.68 Å². The molecule has 0 saturated heterocycles. The first-order chi connectivity index (χ1) is 12.6. The molecule has 3 rings (SSSR count).